The minimum absolute atomic E-state index is 0.0173. The Morgan fingerprint density at radius 3 is 2.72 bits per heavy atom. The first-order chi connectivity index (χ1) is 8.24. The molecule has 0 aromatic heterocycles. The van der Waals surface area contributed by atoms with Crippen molar-refractivity contribution in [2.45, 2.75) is 12.5 Å². The summed E-state index contributed by atoms with van der Waals surface area (Å²) in [4.78, 5) is 4.32. The van der Waals surface area contributed by atoms with Crippen LogP contribution in [-0.2, 0) is 15.6 Å². The molecule has 0 fully saturated rings. The lowest BCUT2D eigenvalue weighted by molar-refractivity contribution is 0.476. The summed E-state index contributed by atoms with van der Waals surface area (Å²) in [5, 5.41) is 0. The van der Waals surface area contributed by atoms with Gasteiger partial charge in [0.15, 0.2) is 0 Å². The second-order valence-electron chi connectivity index (χ2n) is 4.48. The quantitative estimate of drug-likeness (QED) is 0.841. The first-order valence-electron chi connectivity index (χ1n) is 5.33. The fraction of sp³-hybridized carbons (Fsp3) is 0.364. The van der Waals surface area contributed by atoms with Gasteiger partial charge in [0.05, 0.1) is 5.75 Å². The van der Waals surface area contributed by atoms with E-state index in [1.54, 1.807) is 6.92 Å². The van der Waals surface area contributed by atoms with Crippen LogP contribution in [-0.4, -0.2) is 31.5 Å². The highest BCUT2D eigenvalue weighted by atomic mass is 79.9. The number of halogens is 1. The minimum Gasteiger partial charge on any atom is -0.369 e. The molecule has 0 bridgehead atoms. The maximum atomic E-state index is 12.0. The van der Waals surface area contributed by atoms with Gasteiger partial charge in [0, 0.05) is 11.5 Å². The molecule has 98 valence electrons. The average Bonchev–Trinajstić information content (AvgIpc) is 2.25. The molecule has 2 rings (SSSR count). The number of hydrogen-bond acceptors (Lipinski definition) is 4. The average molecular weight is 332 g/mol. The van der Waals surface area contributed by atoms with Crippen LogP contribution in [0.15, 0.2) is 33.7 Å². The first-order valence-corrected chi connectivity index (χ1v) is 7.73. The number of benzene rings is 1. The minimum atomic E-state index is -3.42. The fourth-order valence-corrected chi connectivity index (χ4v) is 3.78. The van der Waals surface area contributed by atoms with Crippen LogP contribution in [0.1, 0.15) is 12.5 Å². The van der Waals surface area contributed by atoms with Crippen molar-refractivity contribution >= 4 is 31.9 Å². The molecule has 7 heteroatoms. The summed E-state index contributed by atoms with van der Waals surface area (Å²) in [6, 6.07) is 7.44. The van der Waals surface area contributed by atoms with Crippen molar-refractivity contribution in [2.24, 2.45) is 10.7 Å². The zero-order valence-electron chi connectivity index (χ0n) is 10.1. The van der Waals surface area contributed by atoms with Gasteiger partial charge in [-0.15, -0.1) is 0 Å². The van der Waals surface area contributed by atoms with E-state index in [-0.39, 0.29) is 11.7 Å². The van der Waals surface area contributed by atoms with E-state index in [2.05, 4.69) is 20.9 Å². The second kappa shape index (κ2) is 4.24. The summed E-state index contributed by atoms with van der Waals surface area (Å²) in [5.41, 5.74) is 5.66. The van der Waals surface area contributed by atoms with E-state index in [1.807, 2.05) is 24.3 Å². The van der Waals surface area contributed by atoms with E-state index in [9.17, 15) is 8.42 Å². The van der Waals surface area contributed by atoms with Crippen LogP contribution in [0.3, 0.4) is 0 Å². The number of sulfonamides is 1. The van der Waals surface area contributed by atoms with Gasteiger partial charge >= 0.3 is 0 Å². The lowest BCUT2D eigenvalue weighted by Gasteiger charge is -2.34. The lowest BCUT2D eigenvalue weighted by atomic mass is 9.95. The lowest BCUT2D eigenvalue weighted by Crippen LogP contribution is -2.50. The molecule has 1 aromatic rings. The van der Waals surface area contributed by atoms with Gasteiger partial charge in [-0.2, -0.15) is 0 Å². The van der Waals surface area contributed by atoms with Crippen LogP contribution in [0.5, 0.6) is 0 Å². The zero-order chi connectivity index (χ0) is 13.6. The van der Waals surface area contributed by atoms with Crippen LogP contribution in [0, 0.1) is 0 Å². The van der Waals surface area contributed by atoms with Crippen LogP contribution >= 0.6 is 15.9 Å². The third-order valence-electron chi connectivity index (χ3n) is 3.01. The molecule has 1 aromatic carbocycles. The summed E-state index contributed by atoms with van der Waals surface area (Å²) in [7, 11) is -2.01. The molecule has 5 nitrogen and oxygen atoms in total. The monoisotopic (exact) mass is 331 g/mol. The van der Waals surface area contributed by atoms with Crippen molar-refractivity contribution in [3.8, 4) is 0 Å². The molecule has 18 heavy (non-hydrogen) atoms. The molecule has 1 aliphatic rings. The number of guanidine groups is 1. The summed E-state index contributed by atoms with van der Waals surface area (Å²) in [6.45, 7) is 1.77. The van der Waals surface area contributed by atoms with Crippen molar-refractivity contribution in [2.75, 3.05) is 12.8 Å². The second-order valence-corrected chi connectivity index (χ2v) is 7.39. The van der Waals surface area contributed by atoms with Gasteiger partial charge < -0.3 is 5.73 Å². The van der Waals surface area contributed by atoms with Gasteiger partial charge in [-0.25, -0.2) is 17.7 Å². The van der Waals surface area contributed by atoms with E-state index in [4.69, 9.17) is 5.73 Å². The molecule has 0 amide bonds. The zero-order valence-corrected chi connectivity index (χ0v) is 12.5. The van der Waals surface area contributed by atoms with Crippen molar-refractivity contribution in [3.63, 3.8) is 0 Å². The van der Waals surface area contributed by atoms with Gasteiger partial charge in [-0.1, -0.05) is 28.1 Å². The number of nitrogens with zero attached hydrogens (tertiary/aromatic N) is 2. The van der Waals surface area contributed by atoms with E-state index in [1.165, 1.54) is 7.05 Å². The third kappa shape index (κ3) is 2.24. The molecule has 1 aliphatic heterocycles. The molecule has 0 aliphatic carbocycles. The Labute approximate surface area is 115 Å². The predicted octanol–water partition coefficient (Wildman–Crippen LogP) is 1.25. The number of nitrogens with two attached hydrogens (primary N) is 1. The molecule has 0 unspecified atom stereocenters. The van der Waals surface area contributed by atoms with Gasteiger partial charge in [-0.05, 0) is 24.6 Å². The van der Waals surface area contributed by atoms with E-state index >= 15 is 0 Å². The first kappa shape index (κ1) is 13.4. The molecule has 0 saturated heterocycles. The number of aliphatic imine (C=N–C) groups is 1. The predicted molar refractivity (Wildman–Crippen MR) is 74.7 cm³/mol. The van der Waals surface area contributed by atoms with Crippen molar-refractivity contribution in [1.82, 2.24) is 4.31 Å². The summed E-state index contributed by atoms with van der Waals surface area (Å²) >= 11 is 3.37. The Balaban J connectivity index is 2.56. The maximum Gasteiger partial charge on any atom is 0.239 e. The van der Waals surface area contributed by atoms with Gasteiger partial charge in [0.1, 0.15) is 5.54 Å². The van der Waals surface area contributed by atoms with Gasteiger partial charge in [0.25, 0.3) is 0 Å². The van der Waals surface area contributed by atoms with Crippen LogP contribution in [0.4, 0.5) is 0 Å². The van der Waals surface area contributed by atoms with E-state index in [0.717, 1.165) is 14.3 Å². The molecule has 0 radical (unpaired) electrons. The van der Waals surface area contributed by atoms with Crippen LogP contribution in [0.25, 0.3) is 0 Å². The topological polar surface area (TPSA) is 75.8 Å². The largest absolute Gasteiger partial charge is 0.369 e. The molecule has 2 N–H and O–H groups in total. The Hall–Kier alpha value is -1.08. The summed E-state index contributed by atoms with van der Waals surface area (Å²) in [6.07, 6.45) is 0. The number of rotatable bonds is 1. The van der Waals surface area contributed by atoms with E-state index < -0.39 is 15.6 Å². The molecular formula is C11H14BrN3O2S. The molecule has 0 saturated carbocycles. The van der Waals surface area contributed by atoms with Gasteiger partial charge in [-0.3, -0.25) is 0 Å². The van der Waals surface area contributed by atoms with E-state index in [0.29, 0.717) is 0 Å². The highest BCUT2D eigenvalue weighted by Crippen LogP contribution is 2.32. The Morgan fingerprint density at radius 2 is 2.17 bits per heavy atom. The fourth-order valence-electron chi connectivity index (χ4n) is 1.92. The van der Waals surface area contributed by atoms with Crippen molar-refractivity contribution in [3.05, 3.63) is 34.3 Å². The molecule has 1 atom stereocenters. The highest BCUT2D eigenvalue weighted by Gasteiger charge is 2.40. The summed E-state index contributed by atoms with van der Waals surface area (Å²) in [5.74, 6) is -0.0723. The number of hydrogen-bond donors (Lipinski definition) is 1. The standard InChI is InChI=1S/C11H14BrN3O2S/c1-11(8-4-3-5-9(12)6-8)7-18(16,17)15(2)10(13)14-11/h3-6H,7H2,1-2H3,(H2,13,14)/t11-/m0/s1. The molecular weight excluding hydrogens is 318 g/mol. The highest BCUT2D eigenvalue weighted by molar-refractivity contribution is 9.10. The maximum absolute atomic E-state index is 12.0. The molecule has 0 spiro atoms. The Bertz CT molecular complexity index is 614. The van der Waals surface area contributed by atoms with Crippen molar-refractivity contribution in [1.29, 1.82) is 0 Å². The molecule has 1 heterocycles. The summed E-state index contributed by atoms with van der Waals surface area (Å²) < 4.78 is 25.9. The normalized spacial score (nSPS) is 26.8. The van der Waals surface area contributed by atoms with Crippen LogP contribution in [0.2, 0.25) is 0 Å². The smallest absolute Gasteiger partial charge is 0.239 e. The Kier molecular flexibility index (Phi) is 3.14. The van der Waals surface area contributed by atoms with Crippen LogP contribution < -0.4 is 5.73 Å². The van der Waals surface area contributed by atoms with Gasteiger partial charge in [0.2, 0.25) is 16.0 Å². The Morgan fingerprint density at radius 1 is 1.50 bits per heavy atom. The SMILES string of the molecule is CN1C(N)=N[C@](C)(c2cccc(Br)c2)CS1(=O)=O. The third-order valence-corrected chi connectivity index (χ3v) is 5.45. The van der Waals surface area contributed by atoms with Crippen molar-refractivity contribution < 1.29 is 8.42 Å².